The van der Waals surface area contributed by atoms with Gasteiger partial charge in [-0.2, -0.15) is 0 Å². The Hall–Kier alpha value is -1.06. The fraction of sp³-hybridized carbons (Fsp3) is 0.364. The largest absolute Gasteiger partial charge is 0.373 e. The standard InChI is InChI=1S/C11H14ClNO2/c1-11(15-2,7-10(13)14)8-3-5-9(12)6-4-8/h3-6H,7H2,1-2H3,(H2,13,14). The zero-order chi connectivity index (χ0) is 11.5. The van der Waals surface area contributed by atoms with Crippen molar-refractivity contribution in [3.05, 3.63) is 34.9 Å². The van der Waals surface area contributed by atoms with Crippen LogP contribution in [0.2, 0.25) is 5.02 Å². The Labute approximate surface area is 94.2 Å². The minimum Gasteiger partial charge on any atom is -0.373 e. The molecule has 1 atom stereocenters. The number of rotatable bonds is 4. The SMILES string of the molecule is COC(C)(CC(N)=O)c1ccc(Cl)cc1. The predicted molar refractivity (Wildman–Crippen MR) is 59.6 cm³/mol. The highest BCUT2D eigenvalue weighted by atomic mass is 35.5. The highest BCUT2D eigenvalue weighted by molar-refractivity contribution is 6.30. The van der Waals surface area contributed by atoms with E-state index in [9.17, 15) is 4.79 Å². The van der Waals surface area contributed by atoms with E-state index in [4.69, 9.17) is 22.1 Å². The first-order valence-electron chi connectivity index (χ1n) is 4.57. The maximum atomic E-state index is 10.9. The summed E-state index contributed by atoms with van der Waals surface area (Å²) in [5.74, 6) is -0.394. The third kappa shape index (κ3) is 2.94. The van der Waals surface area contributed by atoms with Crippen LogP contribution in [-0.4, -0.2) is 13.0 Å². The van der Waals surface area contributed by atoms with Crippen molar-refractivity contribution in [1.29, 1.82) is 0 Å². The molecule has 0 aliphatic rings. The van der Waals surface area contributed by atoms with E-state index in [1.807, 2.05) is 19.1 Å². The molecule has 82 valence electrons. The maximum Gasteiger partial charge on any atom is 0.220 e. The van der Waals surface area contributed by atoms with E-state index in [1.54, 1.807) is 19.2 Å². The molecule has 4 heteroatoms. The monoisotopic (exact) mass is 227 g/mol. The summed E-state index contributed by atoms with van der Waals surface area (Å²) < 4.78 is 5.33. The quantitative estimate of drug-likeness (QED) is 0.856. The van der Waals surface area contributed by atoms with Crippen molar-refractivity contribution in [3.8, 4) is 0 Å². The van der Waals surface area contributed by atoms with Gasteiger partial charge in [0.2, 0.25) is 5.91 Å². The Bertz CT molecular complexity index is 350. The minimum atomic E-state index is -0.684. The highest BCUT2D eigenvalue weighted by Gasteiger charge is 2.28. The summed E-state index contributed by atoms with van der Waals surface area (Å²) in [7, 11) is 1.55. The molecule has 0 aliphatic carbocycles. The lowest BCUT2D eigenvalue weighted by atomic mass is 9.92. The van der Waals surface area contributed by atoms with Gasteiger partial charge in [0.15, 0.2) is 0 Å². The number of hydrogen-bond donors (Lipinski definition) is 1. The van der Waals surface area contributed by atoms with Crippen LogP contribution >= 0.6 is 11.6 Å². The number of carbonyl (C=O) groups excluding carboxylic acids is 1. The van der Waals surface area contributed by atoms with E-state index in [0.717, 1.165) is 5.56 Å². The van der Waals surface area contributed by atoms with Crippen LogP contribution in [0.5, 0.6) is 0 Å². The molecular weight excluding hydrogens is 214 g/mol. The van der Waals surface area contributed by atoms with Crippen molar-refractivity contribution in [2.24, 2.45) is 5.73 Å². The fourth-order valence-electron chi connectivity index (χ4n) is 1.43. The van der Waals surface area contributed by atoms with Gasteiger partial charge in [0.1, 0.15) is 0 Å². The summed E-state index contributed by atoms with van der Waals surface area (Å²) in [5.41, 5.74) is 5.37. The molecule has 3 nitrogen and oxygen atoms in total. The van der Waals surface area contributed by atoms with Crippen LogP contribution in [0.25, 0.3) is 0 Å². The number of nitrogens with two attached hydrogens (primary N) is 1. The molecule has 1 rings (SSSR count). The lowest BCUT2D eigenvalue weighted by Gasteiger charge is -2.27. The van der Waals surface area contributed by atoms with Crippen molar-refractivity contribution in [2.45, 2.75) is 18.9 Å². The second kappa shape index (κ2) is 4.64. The number of primary amides is 1. The number of ether oxygens (including phenoxy) is 1. The van der Waals surface area contributed by atoms with Crippen LogP contribution in [0.15, 0.2) is 24.3 Å². The van der Waals surface area contributed by atoms with E-state index in [-0.39, 0.29) is 6.42 Å². The van der Waals surface area contributed by atoms with Crippen LogP contribution in [0.3, 0.4) is 0 Å². The van der Waals surface area contributed by atoms with Gasteiger partial charge < -0.3 is 10.5 Å². The third-order valence-corrected chi connectivity index (χ3v) is 2.67. The molecular formula is C11H14ClNO2. The van der Waals surface area contributed by atoms with E-state index < -0.39 is 11.5 Å². The van der Waals surface area contributed by atoms with Crippen molar-refractivity contribution in [3.63, 3.8) is 0 Å². The normalized spacial score (nSPS) is 14.6. The highest BCUT2D eigenvalue weighted by Crippen LogP contribution is 2.28. The molecule has 0 aliphatic heterocycles. The summed E-state index contributed by atoms with van der Waals surface area (Å²) >= 11 is 5.78. The molecule has 0 saturated carbocycles. The molecule has 0 spiro atoms. The first-order valence-corrected chi connectivity index (χ1v) is 4.95. The van der Waals surface area contributed by atoms with Gasteiger partial charge in [-0.25, -0.2) is 0 Å². The van der Waals surface area contributed by atoms with Crippen LogP contribution in [0.4, 0.5) is 0 Å². The second-order valence-electron chi connectivity index (χ2n) is 3.58. The first-order chi connectivity index (χ1) is 6.98. The van der Waals surface area contributed by atoms with Gasteiger partial charge in [0, 0.05) is 12.1 Å². The molecule has 0 heterocycles. The lowest BCUT2D eigenvalue weighted by molar-refractivity contribution is -0.124. The zero-order valence-electron chi connectivity index (χ0n) is 8.79. The molecule has 15 heavy (non-hydrogen) atoms. The van der Waals surface area contributed by atoms with Crippen LogP contribution in [-0.2, 0) is 15.1 Å². The Kier molecular flexibility index (Phi) is 3.72. The molecule has 0 radical (unpaired) electrons. The minimum absolute atomic E-state index is 0.144. The number of amides is 1. The molecule has 0 saturated heterocycles. The Balaban J connectivity index is 3.00. The number of hydrogen-bond acceptors (Lipinski definition) is 2. The molecule has 1 aromatic carbocycles. The predicted octanol–water partition coefficient (Wildman–Crippen LogP) is 2.08. The summed E-state index contributed by atoms with van der Waals surface area (Å²) in [6, 6.07) is 7.17. The third-order valence-electron chi connectivity index (χ3n) is 2.42. The van der Waals surface area contributed by atoms with Crippen LogP contribution in [0.1, 0.15) is 18.9 Å². The van der Waals surface area contributed by atoms with Gasteiger partial charge in [-0.15, -0.1) is 0 Å². The van der Waals surface area contributed by atoms with Crippen molar-refractivity contribution in [1.82, 2.24) is 0 Å². The van der Waals surface area contributed by atoms with Gasteiger partial charge in [-0.3, -0.25) is 4.79 Å². The molecule has 0 fully saturated rings. The smallest absolute Gasteiger partial charge is 0.220 e. The van der Waals surface area contributed by atoms with E-state index in [0.29, 0.717) is 5.02 Å². The Morgan fingerprint density at radius 3 is 2.40 bits per heavy atom. The van der Waals surface area contributed by atoms with E-state index in [1.165, 1.54) is 0 Å². The number of carbonyl (C=O) groups is 1. The second-order valence-corrected chi connectivity index (χ2v) is 4.02. The molecule has 1 unspecified atom stereocenters. The molecule has 1 amide bonds. The van der Waals surface area contributed by atoms with Gasteiger partial charge in [-0.1, -0.05) is 23.7 Å². The van der Waals surface area contributed by atoms with Crippen molar-refractivity contribution >= 4 is 17.5 Å². The first kappa shape index (κ1) is 12.0. The van der Waals surface area contributed by atoms with E-state index in [2.05, 4.69) is 0 Å². The van der Waals surface area contributed by atoms with Crippen molar-refractivity contribution < 1.29 is 9.53 Å². The van der Waals surface area contributed by atoms with Gasteiger partial charge in [0.05, 0.1) is 12.0 Å². The molecule has 2 N–H and O–H groups in total. The Morgan fingerprint density at radius 2 is 2.00 bits per heavy atom. The van der Waals surface area contributed by atoms with Crippen LogP contribution in [0, 0.1) is 0 Å². The number of methoxy groups -OCH3 is 1. The Morgan fingerprint density at radius 1 is 1.47 bits per heavy atom. The summed E-state index contributed by atoms with van der Waals surface area (Å²) in [6.45, 7) is 1.82. The average molecular weight is 228 g/mol. The molecule has 0 aromatic heterocycles. The summed E-state index contributed by atoms with van der Waals surface area (Å²) in [6.07, 6.45) is 0.144. The lowest BCUT2D eigenvalue weighted by Crippen LogP contribution is -2.30. The van der Waals surface area contributed by atoms with Crippen LogP contribution < -0.4 is 5.73 Å². The summed E-state index contributed by atoms with van der Waals surface area (Å²) in [4.78, 5) is 10.9. The fourth-order valence-corrected chi connectivity index (χ4v) is 1.55. The average Bonchev–Trinajstić information content (AvgIpc) is 2.17. The van der Waals surface area contributed by atoms with Gasteiger partial charge in [0.25, 0.3) is 0 Å². The maximum absolute atomic E-state index is 10.9. The molecule has 1 aromatic rings. The topological polar surface area (TPSA) is 52.3 Å². The number of halogens is 1. The summed E-state index contributed by atoms with van der Waals surface area (Å²) in [5, 5.41) is 0.649. The zero-order valence-corrected chi connectivity index (χ0v) is 9.54. The van der Waals surface area contributed by atoms with Crippen molar-refractivity contribution in [2.75, 3.05) is 7.11 Å². The van der Waals surface area contributed by atoms with Gasteiger partial charge >= 0.3 is 0 Å². The van der Waals surface area contributed by atoms with Gasteiger partial charge in [-0.05, 0) is 24.6 Å². The number of benzene rings is 1. The molecule has 0 bridgehead atoms. The van der Waals surface area contributed by atoms with E-state index >= 15 is 0 Å².